The Morgan fingerprint density at radius 2 is 2.00 bits per heavy atom. The molecule has 4 rings (SSSR count). The van der Waals surface area contributed by atoms with E-state index in [2.05, 4.69) is 24.4 Å². The van der Waals surface area contributed by atoms with Crippen molar-refractivity contribution < 1.29 is 9.53 Å². The van der Waals surface area contributed by atoms with Gasteiger partial charge in [-0.3, -0.25) is 4.79 Å². The minimum atomic E-state index is -0.0914. The van der Waals surface area contributed by atoms with Crippen molar-refractivity contribution in [2.24, 2.45) is 5.92 Å². The van der Waals surface area contributed by atoms with Gasteiger partial charge in [0.2, 0.25) is 0 Å². The highest BCUT2D eigenvalue weighted by atomic mass is 16.5. The Balaban J connectivity index is 1.68. The molecule has 2 heterocycles. The molecule has 29 heavy (non-hydrogen) atoms. The van der Waals surface area contributed by atoms with E-state index >= 15 is 0 Å². The van der Waals surface area contributed by atoms with E-state index in [0.717, 1.165) is 36.3 Å². The molecule has 1 atom stereocenters. The summed E-state index contributed by atoms with van der Waals surface area (Å²) in [6.07, 6.45) is 3.81. The zero-order valence-electron chi connectivity index (χ0n) is 17.0. The number of aryl methyl sites for hydroxylation is 2. The number of carbonyl (C=O) groups excluding carboxylic acids is 1. The van der Waals surface area contributed by atoms with Gasteiger partial charge in [-0.15, -0.1) is 0 Å². The number of nitrogens with one attached hydrogen (secondary N) is 1. The van der Waals surface area contributed by atoms with Crippen LogP contribution in [0.5, 0.6) is 0 Å². The molecule has 1 fully saturated rings. The molecule has 1 aliphatic rings. The van der Waals surface area contributed by atoms with Crippen LogP contribution in [0, 0.1) is 12.8 Å². The number of hydrogen-bond donors (Lipinski definition) is 1. The molecule has 1 unspecified atom stereocenters. The minimum Gasteiger partial charge on any atom is -0.381 e. The second kappa shape index (κ2) is 8.62. The van der Waals surface area contributed by atoms with E-state index in [4.69, 9.17) is 9.84 Å². The van der Waals surface area contributed by atoms with Crippen molar-refractivity contribution in [2.75, 3.05) is 19.8 Å². The molecule has 0 bridgehead atoms. The number of rotatable bonds is 6. The minimum absolute atomic E-state index is 0.0914. The van der Waals surface area contributed by atoms with Crippen LogP contribution in [-0.2, 0) is 11.2 Å². The van der Waals surface area contributed by atoms with Gasteiger partial charge in [-0.2, -0.15) is 5.10 Å². The first-order valence-corrected chi connectivity index (χ1v) is 10.3. The van der Waals surface area contributed by atoms with Crippen LogP contribution in [0.1, 0.15) is 34.8 Å². The molecule has 1 saturated heterocycles. The quantitative estimate of drug-likeness (QED) is 0.688. The maximum absolute atomic E-state index is 13.0. The van der Waals surface area contributed by atoms with E-state index in [1.807, 2.05) is 54.2 Å². The van der Waals surface area contributed by atoms with Gasteiger partial charge >= 0.3 is 0 Å². The summed E-state index contributed by atoms with van der Waals surface area (Å²) in [4.78, 5) is 13.0. The maximum Gasteiger partial charge on any atom is 0.255 e. The van der Waals surface area contributed by atoms with Crippen molar-refractivity contribution in [3.63, 3.8) is 0 Å². The lowest BCUT2D eigenvalue weighted by molar-refractivity contribution is 0.0945. The highest BCUT2D eigenvalue weighted by Gasteiger charge is 2.21. The fraction of sp³-hybridized carbons (Fsp3) is 0.333. The number of hydrogen-bond acceptors (Lipinski definition) is 3. The van der Waals surface area contributed by atoms with Gasteiger partial charge in [-0.1, -0.05) is 49.4 Å². The number of benzene rings is 2. The topological polar surface area (TPSA) is 56.2 Å². The first kappa shape index (κ1) is 19.4. The zero-order chi connectivity index (χ0) is 20.2. The van der Waals surface area contributed by atoms with Gasteiger partial charge < -0.3 is 10.1 Å². The van der Waals surface area contributed by atoms with Crippen LogP contribution < -0.4 is 5.32 Å². The van der Waals surface area contributed by atoms with Gasteiger partial charge in [-0.05, 0) is 37.0 Å². The third-order valence-corrected chi connectivity index (χ3v) is 5.53. The van der Waals surface area contributed by atoms with Crippen LogP contribution in [0.25, 0.3) is 16.9 Å². The molecule has 1 aromatic heterocycles. The number of amides is 1. The van der Waals surface area contributed by atoms with E-state index < -0.39 is 0 Å². The predicted molar refractivity (Wildman–Crippen MR) is 114 cm³/mol. The van der Waals surface area contributed by atoms with Crippen LogP contribution in [-0.4, -0.2) is 35.4 Å². The molecule has 3 aromatic rings. The van der Waals surface area contributed by atoms with Crippen LogP contribution in [0.2, 0.25) is 0 Å². The Hall–Kier alpha value is -2.92. The Morgan fingerprint density at radius 3 is 2.69 bits per heavy atom. The lowest BCUT2D eigenvalue weighted by Gasteiger charge is -2.09. The molecule has 0 saturated carbocycles. The Bertz CT molecular complexity index is 986. The summed E-state index contributed by atoms with van der Waals surface area (Å²) in [5.41, 5.74) is 5.59. The molecule has 0 spiro atoms. The van der Waals surface area contributed by atoms with Crippen molar-refractivity contribution >= 4 is 5.91 Å². The van der Waals surface area contributed by atoms with Crippen molar-refractivity contribution in [2.45, 2.75) is 26.7 Å². The average Bonchev–Trinajstić information content (AvgIpc) is 3.43. The zero-order valence-corrected chi connectivity index (χ0v) is 17.0. The first-order chi connectivity index (χ1) is 14.2. The molecule has 1 aliphatic heterocycles. The smallest absolute Gasteiger partial charge is 0.255 e. The van der Waals surface area contributed by atoms with Crippen LogP contribution in [0.15, 0.2) is 54.7 Å². The average molecular weight is 389 g/mol. The number of para-hydroxylation sites is 1. The number of carbonyl (C=O) groups is 1. The number of nitrogens with zero attached hydrogens (tertiary/aromatic N) is 2. The molecule has 1 amide bonds. The van der Waals surface area contributed by atoms with E-state index in [-0.39, 0.29) is 5.91 Å². The summed E-state index contributed by atoms with van der Waals surface area (Å²) < 4.78 is 7.23. The third kappa shape index (κ3) is 4.25. The number of ether oxygens (including phenoxy) is 1. The monoisotopic (exact) mass is 389 g/mol. The summed E-state index contributed by atoms with van der Waals surface area (Å²) in [5.74, 6) is 0.295. The van der Waals surface area contributed by atoms with Crippen molar-refractivity contribution in [1.29, 1.82) is 0 Å². The first-order valence-electron chi connectivity index (χ1n) is 10.3. The molecule has 2 aromatic carbocycles. The lowest BCUT2D eigenvalue weighted by Crippen LogP contribution is -2.29. The molecular formula is C24H27N3O2. The third-order valence-electron chi connectivity index (χ3n) is 5.53. The van der Waals surface area contributed by atoms with Crippen molar-refractivity contribution in [1.82, 2.24) is 15.1 Å². The SMILES string of the molecule is CCc1ccc(-c2nn(-c3ccccc3C)cc2C(=O)NCC2CCOC2)cc1. The summed E-state index contributed by atoms with van der Waals surface area (Å²) in [7, 11) is 0. The van der Waals surface area contributed by atoms with Gasteiger partial charge in [0.1, 0.15) is 5.69 Å². The Kier molecular flexibility index (Phi) is 5.76. The van der Waals surface area contributed by atoms with Crippen LogP contribution in [0.4, 0.5) is 0 Å². The van der Waals surface area contributed by atoms with E-state index in [9.17, 15) is 4.79 Å². The lowest BCUT2D eigenvalue weighted by atomic mass is 10.0. The molecule has 150 valence electrons. The van der Waals surface area contributed by atoms with E-state index in [0.29, 0.717) is 30.3 Å². The molecular weight excluding hydrogens is 362 g/mol. The van der Waals surface area contributed by atoms with Crippen LogP contribution >= 0.6 is 0 Å². The predicted octanol–water partition coefficient (Wildman–Crippen LogP) is 4.18. The molecule has 5 nitrogen and oxygen atoms in total. The largest absolute Gasteiger partial charge is 0.381 e. The highest BCUT2D eigenvalue weighted by Crippen LogP contribution is 2.25. The van der Waals surface area contributed by atoms with Gasteiger partial charge in [0.15, 0.2) is 0 Å². The fourth-order valence-electron chi connectivity index (χ4n) is 3.67. The summed E-state index contributed by atoms with van der Waals surface area (Å²) >= 11 is 0. The molecule has 5 heteroatoms. The van der Waals surface area contributed by atoms with Crippen LogP contribution in [0.3, 0.4) is 0 Å². The molecule has 0 aliphatic carbocycles. The molecule has 0 radical (unpaired) electrons. The number of aromatic nitrogens is 2. The van der Waals surface area contributed by atoms with Crippen molar-refractivity contribution in [3.05, 3.63) is 71.4 Å². The normalized spacial score (nSPS) is 16.1. The van der Waals surface area contributed by atoms with Crippen molar-refractivity contribution in [3.8, 4) is 16.9 Å². The highest BCUT2D eigenvalue weighted by molar-refractivity contribution is 6.00. The van der Waals surface area contributed by atoms with Gasteiger partial charge in [0.25, 0.3) is 5.91 Å². The van der Waals surface area contributed by atoms with Gasteiger partial charge in [-0.25, -0.2) is 4.68 Å². The summed E-state index contributed by atoms with van der Waals surface area (Å²) in [5, 5.41) is 7.88. The fourth-order valence-corrected chi connectivity index (χ4v) is 3.67. The Morgan fingerprint density at radius 1 is 1.21 bits per heavy atom. The van der Waals surface area contributed by atoms with E-state index in [1.54, 1.807) is 0 Å². The second-order valence-electron chi connectivity index (χ2n) is 7.61. The standard InChI is InChI=1S/C24H27N3O2/c1-3-18-8-10-20(11-9-18)23-21(24(28)25-14-19-12-13-29-16-19)15-27(26-23)22-7-5-4-6-17(22)2/h4-11,15,19H,3,12-14,16H2,1-2H3,(H,25,28). The van der Waals surface area contributed by atoms with E-state index in [1.165, 1.54) is 5.56 Å². The Labute approximate surface area is 171 Å². The van der Waals surface area contributed by atoms with Gasteiger partial charge in [0, 0.05) is 30.8 Å². The maximum atomic E-state index is 13.0. The molecule has 1 N–H and O–H groups in total. The summed E-state index contributed by atoms with van der Waals surface area (Å²) in [6, 6.07) is 16.3. The van der Waals surface area contributed by atoms with Gasteiger partial charge in [0.05, 0.1) is 17.9 Å². The summed E-state index contributed by atoms with van der Waals surface area (Å²) in [6.45, 7) is 6.30. The second-order valence-corrected chi connectivity index (χ2v) is 7.61.